The Morgan fingerprint density at radius 3 is 2.47 bits per heavy atom. The van der Waals surface area contributed by atoms with Crippen LogP contribution < -0.4 is 10.6 Å². The number of halogens is 2. The van der Waals surface area contributed by atoms with Gasteiger partial charge in [-0.2, -0.15) is 0 Å². The third-order valence-corrected chi connectivity index (χ3v) is 5.05. The summed E-state index contributed by atoms with van der Waals surface area (Å²) in [5.74, 6) is 1.18. The number of benzene rings is 2. The molecule has 0 unspecified atom stereocenters. The SMILES string of the molecule is CC(C)c1ccc(NC(=S)NC(=O)/C=C/c2ccc(-c3ccc(Cl)cc3Cl)o2)cc1. The van der Waals surface area contributed by atoms with Gasteiger partial charge in [0.2, 0.25) is 5.91 Å². The van der Waals surface area contributed by atoms with Crippen LogP contribution in [0.4, 0.5) is 5.69 Å². The summed E-state index contributed by atoms with van der Waals surface area (Å²) >= 11 is 17.3. The Labute approximate surface area is 190 Å². The molecule has 0 fully saturated rings. The lowest BCUT2D eigenvalue weighted by Gasteiger charge is -2.10. The van der Waals surface area contributed by atoms with E-state index in [0.29, 0.717) is 27.5 Å². The number of hydrogen-bond donors (Lipinski definition) is 2. The fraction of sp³-hybridized carbons (Fsp3) is 0.130. The number of rotatable bonds is 5. The average molecular weight is 459 g/mol. The van der Waals surface area contributed by atoms with Crippen LogP contribution in [0.1, 0.15) is 31.1 Å². The first kappa shape index (κ1) is 22.1. The van der Waals surface area contributed by atoms with Crippen LogP contribution in [-0.4, -0.2) is 11.0 Å². The topological polar surface area (TPSA) is 54.3 Å². The molecule has 0 aliphatic carbocycles. The lowest BCUT2D eigenvalue weighted by atomic mass is 10.0. The fourth-order valence-electron chi connectivity index (χ4n) is 2.70. The molecule has 30 heavy (non-hydrogen) atoms. The summed E-state index contributed by atoms with van der Waals surface area (Å²) in [6.45, 7) is 4.26. The van der Waals surface area contributed by atoms with Gasteiger partial charge in [0, 0.05) is 22.3 Å². The molecule has 3 aromatic rings. The van der Waals surface area contributed by atoms with Crippen LogP contribution in [0.25, 0.3) is 17.4 Å². The van der Waals surface area contributed by atoms with E-state index < -0.39 is 0 Å². The van der Waals surface area contributed by atoms with Crippen molar-refractivity contribution in [2.75, 3.05) is 5.32 Å². The van der Waals surface area contributed by atoms with E-state index in [4.69, 9.17) is 39.8 Å². The van der Waals surface area contributed by atoms with Gasteiger partial charge in [0.05, 0.1) is 5.02 Å². The molecule has 0 saturated carbocycles. The Balaban J connectivity index is 1.57. The second kappa shape index (κ2) is 9.94. The molecule has 0 aliphatic heterocycles. The summed E-state index contributed by atoms with van der Waals surface area (Å²) in [4.78, 5) is 12.1. The first-order valence-corrected chi connectivity index (χ1v) is 10.4. The Bertz CT molecular complexity index is 1090. The molecule has 7 heteroatoms. The minimum atomic E-state index is -0.367. The second-order valence-electron chi connectivity index (χ2n) is 6.88. The molecule has 4 nitrogen and oxygen atoms in total. The predicted octanol–water partition coefficient (Wildman–Crippen LogP) is 6.90. The fourth-order valence-corrected chi connectivity index (χ4v) is 3.42. The van der Waals surface area contributed by atoms with E-state index in [-0.39, 0.29) is 11.0 Å². The van der Waals surface area contributed by atoms with Crippen LogP contribution >= 0.6 is 35.4 Å². The van der Waals surface area contributed by atoms with Crippen molar-refractivity contribution >= 4 is 58.2 Å². The molecular weight excluding hydrogens is 439 g/mol. The number of nitrogens with one attached hydrogen (secondary N) is 2. The Hall–Kier alpha value is -2.60. The largest absolute Gasteiger partial charge is 0.457 e. The molecule has 0 atom stereocenters. The molecule has 2 N–H and O–H groups in total. The number of hydrogen-bond acceptors (Lipinski definition) is 3. The summed E-state index contributed by atoms with van der Waals surface area (Å²) in [5, 5.41) is 6.85. The monoisotopic (exact) mass is 458 g/mol. The second-order valence-corrected chi connectivity index (χ2v) is 8.13. The maximum Gasteiger partial charge on any atom is 0.250 e. The van der Waals surface area contributed by atoms with Crippen molar-refractivity contribution in [3.63, 3.8) is 0 Å². The first-order chi connectivity index (χ1) is 14.3. The van der Waals surface area contributed by atoms with Gasteiger partial charge in [-0.05, 0) is 72.2 Å². The standard InChI is InChI=1S/C23H20Cl2N2O2S/c1-14(2)15-3-6-17(7-4-15)26-23(30)27-22(28)12-9-18-8-11-21(29-18)19-10-5-16(24)13-20(19)25/h3-14H,1-2H3,(H2,26,27,28,30)/b12-9+. The molecule has 0 aliphatic rings. The van der Waals surface area contributed by atoms with E-state index in [1.165, 1.54) is 11.6 Å². The van der Waals surface area contributed by atoms with Crippen LogP contribution in [0.3, 0.4) is 0 Å². The molecule has 154 valence electrons. The van der Waals surface area contributed by atoms with Gasteiger partial charge < -0.3 is 9.73 Å². The van der Waals surface area contributed by atoms with E-state index in [1.54, 1.807) is 36.4 Å². The number of thiocarbonyl (C=S) groups is 1. The highest BCUT2D eigenvalue weighted by molar-refractivity contribution is 7.80. The lowest BCUT2D eigenvalue weighted by molar-refractivity contribution is -0.115. The number of anilines is 1. The predicted molar refractivity (Wildman–Crippen MR) is 128 cm³/mol. The van der Waals surface area contributed by atoms with Gasteiger partial charge in [0.25, 0.3) is 0 Å². The maximum absolute atomic E-state index is 12.1. The summed E-state index contributed by atoms with van der Waals surface area (Å²) < 4.78 is 5.73. The highest BCUT2D eigenvalue weighted by Crippen LogP contribution is 2.31. The maximum atomic E-state index is 12.1. The molecule has 1 heterocycles. The number of furan rings is 1. The minimum absolute atomic E-state index is 0.218. The van der Waals surface area contributed by atoms with E-state index in [2.05, 4.69) is 24.5 Å². The van der Waals surface area contributed by atoms with Gasteiger partial charge in [-0.25, -0.2) is 0 Å². The van der Waals surface area contributed by atoms with E-state index in [9.17, 15) is 4.79 Å². The zero-order chi connectivity index (χ0) is 21.7. The highest BCUT2D eigenvalue weighted by atomic mass is 35.5. The Morgan fingerprint density at radius 1 is 1.07 bits per heavy atom. The molecule has 0 bridgehead atoms. The zero-order valence-corrected chi connectivity index (χ0v) is 18.7. The van der Waals surface area contributed by atoms with E-state index in [0.717, 1.165) is 11.3 Å². The van der Waals surface area contributed by atoms with Gasteiger partial charge in [-0.1, -0.05) is 49.2 Å². The van der Waals surface area contributed by atoms with Crippen LogP contribution in [-0.2, 0) is 4.79 Å². The van der Waals surface area contributed by atoms with Gasteiger partial charge in [0.15, 0.2) is 5.11 Å². The number of carbonyl (C=O) groups is 1. The smallest absolute Gasteiger partial charge is 0.250 e. The van der Waals surface area contributed by atoms with Gasteiger partial charge >= 0.3 is 0 Å². The molecule has 3 rings (SSSR count). The molecular formula is C23H20Cl2N2O2S. The van der Waals surface area contributed by atoms with Crippen molar-refractivity contribution in [3.05, 3.63) is 82.0 Å². The van der Waals surface area contributed by atoms with Crippen LogP contribution in [0.5, 0.6) is 0 Å². The summed E-state index contributed by atoms with van der Waals surface area (Å²) in [6.07, 6.45) is 2.91. The number of amides is 1. The van der Waals surface area contributed by atoms with E-state index in [1.807, 2.05) is 24.3 Å². The molecule has 1 aromatic heterocycles. The average Bonchev–Trinajstić information content (AvgIpc) is 3.15. The Morgan fingerprint density at radius 2 is 1.80 bits per heavy atom. The Kier molecular flexibility index (Phi) is 7.32. The minimum Gasteiger partial charge on any atom is -0.457 e. The normalized spacial score (nSPS) is 11.1. The van der Waals surface area contributed by atoms with Crippen molar-refractivity contribution in [3.8, 4) is 11.3 Å². The summed E-state index contributed by atoms with van der Waals surface area (Å²) in [7, 11) is 0. The zero-order valence-electron chi connectivity index (χ0n) is 16.4. The van der Waals surface area contributed by atoms with Crippen molar-refractivity contribution in [1.29, 1.82) is 0 Å². The van der Waals surface area contributed by atoms with Crippen molar-refractivity contribution in [1.82, 2.24) is 5.32 Å². The molecule has 0 radical (unpaired) electrons. The van der Waals surface area contributed by atoms with Crippen LogP contribution in [0, 0.1) is 0 Å². The molecule has 2 aromatic carbocycles. The summed E-state index contributed by atoms with van der Waals surface area (Å²) in [5.41, 5.74) is 2.76. The molecule has 1 amide bonds. The first-order valence-electron chi connectivity index (χ1n) is 9.27. The third kappa shape index (κ3) is 5.95. The van der Waals surface area contributed by atoms with Crippen molar-refractivity contribution in [2.45, 2.75) is 19.8 Å². The highest BCUT2D eigenvalue weighted by Gasteiger charge is 2.09. The van der Waals surface area contributed by atoms with E-state index >= 15 is 0 Å². The van der Waals surface area contributed by atoms with Gasteiger partial charge in [0.1, 0.15) is 11.5 Å². The lowest BCUT2D eigenvalue weighted by Crippen LogP contribution is -2.32. The van der Waals surface area contributed by atoms with Crippen LogP contribution in [0.15, 0.2) is 65.1 Å². The third-order valence-electron chi connectivity index (χ3n) is 4.29. The number of carbonyl (C=O) groups excluding carboxylic acids is 1. The summed E-state index contributed by atoms with van der Waals surface area (Å²) in [6, 6.07) is 16.6. The molecule has 0 spiro atoms. The molecule has 0 saturated heterocycles. The van der Waals surface area contributed by atoms with Crippen LogP contribution in [0.2, 0.25) is 10.0 Å². The van der Waals surface area contributed by atoms with Gasteiger partial charge in [-0.15, -0.1) is 0 Å². The van der Waals surface area contributed by atoms with Crippen molar-refractivity contribution in [2.24, 2.45) is 0 Å². The quantitative estimate of drug-likeness (QED) is 0.322. The van der Waals surface area contributed by atoms with Crippen molar-refractivity contribution < 1.29 is 9.21 Å². The van der Waals surface area contributed by atoms with Gasteiger partial charge in [-0.3, -0.25) is 10.1 Å².